The van der Waals surface area contributed by atoms with Crippen LogP contribution in [0.3, 0.4) is 0 Å². The Hall–Kier alpha value is -2.17. The van der Waals surface area contributed by atoms with Gasteiger partial charge in [0.1, 0.15) is 6.10 Å². The fourth-order valence-electron chi connectivity index (χ4n) is 7.59. The van der Waals surface area contributed by atoms with Crippen molar-refractivity contribution in [1.82, 2.24) is 0 Å². The van der Waals surface area contributed by atoms with E-state index < -0.39 is 6.10 Å². The number of carbonyl (C=O) groups excluding carboxylic acids is 1. The highest BCUT2D eigenvalue weighted by molar-refractivity contribution is 5.69. The summed E-state index contributed by atoms with van der Waals surface area (Å²) in [4.78, 5) is 12.3. The van der Waals surface area contributed by atoms with Gasteiger partial charge in [0, 0.05) is 13.0 Å². The zero-order valence-electron chi connectivity index (χ0n) is 40.7. The first kappa shape index (κ1) is 58.8. The van der Waals surface area contributed by atoms with E-state index in [4.69, 9.17) is 9.47 Å². The van der Waals surface area contributed by atoms with Gasteiger partial charge in [0.15, 0.2) is 0 Å². The number of carbonyl (C=O) groups is 1. The zero-order valence-corrected chi connectivity index (χ0v) is 40.7. The molecule has 0 amide bonds. The van der Waals surface area contributed by atoms with E-state index in [-0.39, 0.29) is 12.6 Å². The van der Waals surface area contributed by atoms with Gasteiger partial charge < -0.3 is 14.6 Å². The Morgan fingerprint density at radius 3 is 1.11 bits per heavy atom. The second kappa shape index (κ2) is 54.0. The van der Waals surface area contributed by atoms with Crippen LogP contribution in [-0.2, 0) is 14.3 Å². The molecular weight excluding hydrogens is 749 g/mol. The second-order valence-corrected chi connectivity index (χ2v) is 17.6. The number of ether oxygens (including phenoxy) is 2. The van der Waals surface area contributed by atoms with E-state index in [9.17, 15) is 9.90 Å². The summed E-state index contributed by atoms with van der Waals surface area (Å²) < 4.78 is 11.2. The van der Waals surface area contributed by atoms with Crippen molar-refractivity contribution < 1.29 is 19.4 Å². The molecule has 61 heavy (non-hydrogen) atoms. The lowest BCUT2D eigenvalue weighted by Crippen LogP contribution is -2.27. The molecule has 1 unspecified atom stereocenters. The summed E-state index contributed by atoms with van der Waals surface area (Å²) in [5.41, 5.74) is 0. The maximum absolute atomic E-state index is 12.3. The molecule has 0 aliphatic rings. The van der Waals surface area contributed by atoms with Crippen molar-refractivity contribution in [2.45, 2.75) is 264 Å². The lowest BCUT2D eigenvalue weighted by atomic mass is 10.0. The predicted molar refractivity (Wildman–Crippen MR) is 269 cm³/mol. The van der Waals surface area contributed by atoms with Gasteiger partial charge in [-0.05, 0) is 83.5 Å². The van der Waals surface area contributed by atoms with Gasteiger partial charge in [-0.1, -0.05) is 241 Å². The molecule has 0 aromatic carbocycles. The number of hydrogen-bond donors (Lipinski definition) is 1. The number of aliphatic hydroxyl groups excluding tert-OH is 1. The van der Waals surface area contributed by atoms with Gasteiger partial charge in [-0.3, -0.25) is 4.79 Å². The zero-order chi connectivity index (χ0) is 44.0. The minimum atomic E-state index is -0.540. The Morgan fingerprint density at radius 1 is 0.410 bits per heavy atom. The van der Waals surface area contributed by atoms with Crippen LogP contribution in [0.25, 0.3) is 0 Å². The molecular formula is C57H102O4. The number of esters is 1. The molecule has 0 aliphatic carbocycles. The van der Waals surface area contributed by atoms with Crippen LogP contribution in [0.4, 0.5) is 0 Å². The average molecular weight is 851 g/mol. The van der Waals surface area contributed by atoms with Crippen LogP contribution >= 0.6 is 0 Å². The van der Waals surface area contributed by atoms with Gasteiger partial charge in [-0.15, -0.1) is 0 Å². The highest BCUT2D eigenvalue weighted by Gasteiger charge is 2.13. The van der Waals surface area contributed by atoms with Crippen molar-refractivity contribution in [1.29, 1.82) is 0 Å². The monoisotopic (exact) mass is 851 g/mol. The summed E-state index contributed by atoms with van der Waals surface area (Å²) >= 11 is 0. The first-order chi connectivity index (χ1) is 30.2. The summed E-state index contributed by atoms with van der Waals surface area (Å²) in [6.07, 6.45) is 74.3. The van der Waals surface area contributed by atoms with E-state index in [1.165, 1.54) is 186 Å². The van der Waals surface area contributed by atoms with E-state index in [1.54, 1.807) is 0 Å². The van der Waals surface area contributed by atoms with Gasteiger partial charge in [0.2, 0.25) is 0 Å². The molecule has 0 spiro atoms. The lowest BCUT2D eigenvalue weighted by molar-refractivity contribution is -0.154. The molecule has 0 fully saturated rings. The molecule has 0 aromatic rings. The smallest absolute Gasteiger partial charge is 0.306 e. The first-order valence-electron chi connectivity index (χ1n) is 26.5. The topological polar surface area (TPSA) is 55.8 Å². The molecule has 0 heterocycles. The molecule has 1 atom stereocenters. The van der Waals surface area contributed by atoms with Gasteiger partial charge in [-0.2, -0.15) is 0 Å². The van der Waals surface area contributed by atoms with Crippen LogP contribution in [-0.4, -0.2) is 37.0 Å². The van der Waals surface area contributed by atoms with E-state index >= 15 is 0 Å². The standard InChI is InChI=1S/C57H102O4/c1-3-5-7-9-11-13-15-17-19-21-23-25-27-28-29-31-33-35-37-39-41-43-45-47-49-51-53-60-55-56(54-58)61-57(59)52-50-48-46-44-42-40-38-36-34-32-30-26-24-22-20-18-16-14-12-10-8-6-4-2/h5,7,11,13,16-19,22-25,56,58H,3-4,6,8-10,12,14-15,20-21,26-55H2,1-2H3/b7-5-,13-11-,18-16-,19-17-,24-22-,25-23-. The Kier molecular flexibility index (Phi) is 52.0. The van der Waals surface area contributed by atoms with Crippen LogP contribution in [0.15, 0.2) is 72.9 Å². The second-order valence-electron chi connectivity index (χ2n) is 17.6. The van der Waals surface area contributed by atoms with Crippen LogP contribution < -0.4 is 0 Å². The molecule has 0 bridgehead atoms. The van der Waals surface area contributed by atoms with E-state index in [0.717, 1.165) is 51.4 Å². The maximum Gasteiger partial charge on any atom is 0.306 e. The quantitative estimate of drug-likeness (QED) is 0.0376. The number of hydrogen-bond acceptors (Lipinski definition) is 4. The molecule has 1 N–H and O–H groups in total. The lowest BCUT2D eigenvalue weighted by Gasteiger charge is -2.16. The Morgan fingerprint density at radius 2 is 0.738 bits per heavy atom. The highest BCUT2D eigenvalue weighted by Crippen LogP contribution is 2.15. The highest BCUT2D eigenvalue weighted by atomic mass is 16.6. The SMILES string of the molecule is CC/C=C\C/C=C\C/C=C\C/C=C\CCCCCCCCCCCCCCCOCC(CO)OC(=O)CCCCCCCCCCCCC/C=C\C/C=C\CCCCCCC. The van der Waals surface area contributed by atoms with Crippen LogP contribution in [0.1, 0.15) is 258 Å². The molecule has 4 heteroatoms. The molecule has 0 saturated heterocycles. The average Bonchev–Trinajstić information content (AvgIpc) is 3.27. The third kappa shape index (κ3) is 52.1. The molecule has 0 aromatic heterocycles. The van der Waals surface area contributed by atoms with Gasteiger partial charge in [-0.25, -0.2) is 0 Å². The molecule has 4 nitrogen and oxygen atoms in total. The summed E-state index contributed by atoms with van der Waals surface area (Å²) in [5.74, 6) is -0.202. The number of unbranched alkanes of at least 4 members (excludes halogenated alkanes) is 29. The largest absolute Gasteiger partial charge is 0.457 e. The number of aliphatic hydroxyl groups is 1. The first-order valence-corrected chi connectivity index (χ1v) is 26.5. The molecule has 0 rings (SSSR count). The summed E-state index contributed by atoms with van der Waals surface area (Å²) in [7, 11) is 0. The van der Waals surface area contributed by atoms with Crippen molar-refractivity contribution in [3.8, 4) is 0 Å². The van der Waals surface area contributed by atoms with E-state index in [0.29, 0.717) is 19.6 Å². The summed E-state index contributed by atoms with van der Waals surface area (Å²) in [5, 5.41) is 9.66. The Balaban J connectivity index is 3.41. The van der Waals surface area contributed by atoms with Crippen molar-refractivity contribution in [2.24, 2.45) is 0 Å². The normalized spacial score (nSPS) is 12.9. The Labute approximate surface area is 380 Å². The maximum atomic E-state index is 12.3. The van der Waals surface area contributed by atoms with Crippen molar-refractivity contribution in [3.63, 3.8) is 0 Å². The summed E-state index contributed by atoms with van der Waals surface area (Å²) in [6, 6.07) is 0. The fraction of sp³-hybridized carbons (Fsp3) is 0.772. The van der Waals surface area contributed by atoms with Crippen molar-refractivity contribution in [2.75, 3.05) is 19.8 Å². The van der Waals surface area contributed by atoms with Crippen LogP contribution in [0.2, 0.25) is 0 Å². The fourth-order valence-corrected chi connectivity index (χ4v) is 7.59. The third-order valence-corrected chi connectivity index (χ3v) is 11.5. The minimum absolute atomic E-state index is 0.174. The molecule has 0 saturated carbocycles. The van der Waals surface area contributed by atoms with Crippen LogP contribution in [0, 0.1) is 0 Å². The molecule has 0 radical (unpaired) electrons. The van der Waals surface area contributed by atoms with Gasteiger partial charge in [0.25, 0.3) is 0 Å². The van der Waals surface area contributed by atoms with Gasteiger partial charge >= 0.3 is 5.97 Å². The summed E-state index contributed by atoms with van der Waals surface area (Å²) in [6.45, 7) is 5.24. The number of allylic oxidation sites excluding steroid dienone is 12. The van der Waals surface area contributed by atoms with E-state index in [2.05, 4.69) is 86.8 Å². The van der Waals surface area contributed by atoms with Crippen molar-refractivity contribution >= 4 is 5.97 Å². The predicted octanol–water partition coefficient (Wildman–Crippen LogP) is 18.1. The minimum Gasteiger partial charge on any atom is -0.457 e. The third-order valence-electron chi connectivity index (χ3n) is 11.5. The number of rotatable bonds is 49. The van der Waals surface area contributed by atoms with Gasteiger partial charge in [0.05, 0.1) is 13.2 Å². The van der Waals surface area contributed by atoms with Crippen LogP contribution in [0.5, 0.6) is 0 Å². The van der Waals surface area contributed by atoms with E-state index in [1.807, 2.05) is 0 Å². The van der Waals surface area contributed by atoms with Crippen molar-refractivity contribution in [3.05, 3.63) is 72.9 Å². The molecule has 354 valence electrons. The Bertz CT molecular complexity index is 1040. The molecule has 0 aliphatic heterocycles.